The maximum atomic E-state index is 8.72. The van der Waals surface area contributed by atoms with Crippen molar-refractivity contribution in [2.24, 2.45) is 5.92 Å². The van der Waals surface area contributed by atoms with Crippen LogP contribution in [0.5, 0.6) is 0 Å². The highest BCUT2D eigenvalue weighted by Crippen LogP contribution is 2.11. The van der Waals surface area contributed by atoms with Crippen molar-refractivity contribution in [1.29, 1.82) is 0 Å². The minimum atomic E-state index is 0.142. The van der Waals surface area contributed by atoms with Crippen molar-refractivity contribution < 1.29 is 5.11 Å². The fourth-order valence-corrected chi connectivity index (χ4v) is 1.80. The van der Waals surface area contributed by atoms with Gasteiger partial charge in [-0.3, -0.25) is 0 Å². The number of aromatic nitrogens is 4. The molecule has 92 valence electrons. The lowest BCUT2D eigenvalue weighted by molar-refractivity contribution is 0.322. The Kier molecular flexibility index (Phi) is 6.36. The molecule has 1 aromatic heterocycles. The van der Waals surface area contributed by atoms with E-state index < -0.39 is 0 Å². The lowest BCUT2D eigenvalue weighted by Gasteiger charge is -2.07. The fraction of sp³-hybridized carbons (Fsp3) is 0.889. The van der Waals surface area contributed by atoms with E-state index in [1.165, 1.54) is 11.8 Å². The van der Waals surface area contributed by atoms with E-state index in [-0.39, 0.29) is 6.61 Å². The molecule has 0 spiro atoms. The third-order valence-corrected chi connectivity index (χ3v) is 2.81. The number of hydrogen-bond acceptors (Lipinski definition) is 6. The fourth-order valence-electron chi connectivity index (χ4n) is 1.15. The first-order valence-electron chi connectivity index (χ1n) is 5.44. The zero-order valence-electron chi connectivity index (χ0n) is 9.76. The van der Waals surface area contributed by atoms with E-state index in [4.69, 9.17) is 5.11 Å². The van der Waals surface area contributed by atoms with Gasteiger partial charge >= 0.3 is 0 Å². The number of aliphatic hydroxyl groups is 1. The Balaban J connectivity index is 2.27. The van der Waals surface area contributed by atoms with Gasteiger partial charge in [-0.15, -0.1) is 5.10 Å². The second-order valence-electron chi connectivity index (χ2n) is 3.85. The summed E-state index contributed by atoms with van der Waals surface area (Å²) >= 11 is 1.47. The summed E-state index contributed by atoms with van der Waals surface area (Å²) in [6.45, 7) is 7.10. The Labute approximate surface area is 99.8 Å². The van der Waals surface area contributed by atoms with Gasteiger partial charge in [0.1, 0.15) is 0 Å². The van der Waals surface area contributed by atoms with Crippen molar-refractivity contribution in [3.05, 3.63) is 0 Å². The van der Waals surface area contributed by atoms with Gasteiger partial charge in [0.05, 0.1) is 13.2 Å². The lowest BCUT2D eigenvalue weighted by Crippen LogP contribution is -2.24. The van der Waals surface area contributed by atoms with Gasteiger partial charge in [0, 0.05) is 12.3 Å². The summed E-state index contributed by atoms with van der Waals surface area (Å²) in [5.74, 6) is 1.27. The van der Waals surface area contributed by atoms with Crippen molar-refractivity contribution in [3.8, 4) is 0 Å². The molecule has 7 heteroatoms. The lowest BCUT2D eigenvalue weighted by atomic mass is 10.2. The summed E-state index contributed by atoms with van der Waals surface area (Å²) in [4.78, 5) is 0. The molecule has 0 saturated carbocycles. The van der Waals surface area contributed by atoms with Crippen molar-refractivity contribution in [2.45, 2.75) is 25.5 Å². The number of aliphatic hydroxyl groups excluding tert-OH is 1. The van der Waals surface area contributed by atoms with E-state index in [0.29, 0.717) is 11.7 Å². The SMILES string of the molecule is CC(C)CNCCn1nnnc1SCCO. The average Bonchev–Trinajstić information content (AvgIpc) is 2.69. The Morgan fingerprint density at radius 2 is 2.31 bits per heavy atom. The quantitative estimate of drug-likeness (QED) is 0.496. The van der Waals surface area contributed by atoms with Gasteiger partial charge in [0.25, 0.3) is 0 Å². The van der Waals surface area contributed by atoms with E-state index in [1.54, 1.807) is 4.68 Å². The van der Waals surface area contributed by atoms with Gasteiger partial charge in [0.2, 0.25) is 5.16 Å². The number of rotatable bonds is 8. The van der Waals surface area contributed by atoms with Crippen molar-refractivity contribution in [3.63, 3.8) is 0 Å². The van der Waals surface area contributed by atoms with Crippen molar-refractivity contribution >= 4 is 11.8 Å². The summed E-state index contributed by atoms with van der Waals surface area (Å²) in [5.41, 5.74) is 0. The maximum Gasteiger partial charge on any atom is 0.209 e. The van der Waals surface area contributed by atoms with Gasteiger partial charge in [-0.1, -0.05) is 25.6 Å². The average molecular weight is 245 g/mol. The van der Waals surface area contributed by atoms with Crippen LogP contribution in [-0.4, -0.2) is 50.8 Å². The zero-order valence-corrected chi connectivity index (χ0v) is 10.6. The largest absolute Gasteiger partial charge is 0.396 e. The van der Waals surface area contributed by atoms with E-state index in [2.05, 4.69) is 34.7 Å². The summed E-state index contributed by atoms with van der Waals surface area (Å²) in [5, 5.41) is 24.2. The number of nitrogens with one attached hydrogen (secondary N) is 1. The van der Waals surface area contributed by atoms with Crippen LogP contribution in [0.1, 0.15) is 13.8 Å². The molecule has 0 aliphatic carbocycles. The van der Waals surface area contributed by atoms with Crippen LogP contribution in [0.2, 0.25) is 0 Å². The molecule has 6 nitrogen and oxygen atoms in total. The molecule has 16 heavy (non-hydrogen) atoms. The molecule has 0 bridgehead atoms. The molecule has 0 atom stereocenters. The molecule has 0 saturated heterocycles. The molecular formula is C9H19N5OS. The van der Waals surface area contributed by atoms with Gasteiger partial charge in [0.15, 0.2) is 0 Å². The molecule has 1 aromatic rings. The molecule has 0 radical (unpaired) electrons. The second-order valence-corrected chi connectivity index (χ2v) is 4.92. The monoisotopic (exact) mass is 245 g/mol. The predicted octanol–water partition coefficient (Wildman–Crippen LogP) is 0.00310. The third kappa shape index (κ3) is 4.91. The van der Waals surface area contributed by atoms with Gasteiger partial charge in [-0.2, -0.15) is 0 Å². The van der Waals surface area contributed by atoms with Crippen LogP contribution in [0.15, 0.2) is 5.16 Å². The van der Waals surface area contributed by atoms with Gasteiger partial charge in [-0.05, 0) is 22.9 Å². The Hall–Kier alpha value is -0.660. The highest BCUT2D eigenvalue weighted by Gasteiger charge is 2.05. The highest BCUT2D eigenvalue weighted by atomic mass is 32.2. The second kappa shape index (κ2) is 7.59. The van der Waals surface area contributed by atoms with E-state index in [9.17, 15) is 0 Å². The molecule has 0 unspecified atom stereocenters. The molecule has 2 N–H and O–H groups in total. The van der Waals surface area contributed by atoms with Crippen LogP contribution in [0.4, 0.5) is 0 Å². The first-order valence-corrected chi connectivity index (χ1v) is 6.43. The molecule has 0 fully saturated rings. The van der Waals surface area contributed by atoms with Crippen molar-refractivity contribution in [1.82, 2.24) is 25.5 Å². The third-order valence-electron chi connectivity index (χ3n) is 1.87. The van der Waals surface area contributed by atoms with Gasteiger partial charge in [-0.25, -0.2) is 4.68 Å². The Morgan fingerprint density at radius 1 is 1.50 bits per heavy atom. The normalized spacial score (nSPS) is 11.2. The summed E-state index contributed by atoms with van der Waals surface area (Å²) in [7, 11) is 0. The topological polar surface area (TPSA) is 75.9 Å². The number of thioether (sulfide) groups is 1. The van der Waals surface area contributed by atoms with E-state index >= 15 is 0 Å². The standard InChI is InChI=1S/C9H19N5OS/c1-8(2)7-10-3-4-14-9(11-12-13-14)16-6-5-15/h8,10,15H,3-7H2,1-2H3. The summed E-state index contributed by atoms with van der Waals surface area (Å²) < 4.78 is 1.76. The number of hydrogen-bond donors (Lipinski definition) is 2. The highest BCUT2D eigenvalue weighted by molar-refractivity contribution is 7.99. The molecule has 1 heterocycles. The van der Waals surface area contributed by atoms with E-state index in [1.807, 2.05) is 0 Å². The van der Waals surface area contributed by atoms with Crippen LogP contribution in [0, 0.1) is 5.92 Å². The summed E-state index contributed by atoms with van der Waals surface area (Å²) in [6, 6.07) is 0. The molecule has 1 rings (SSSR count). The first-order chi connectivity index (χ1) is 7.74. The smallest absolute Gasteiger partial charge is 0.209 e. The van der Waals surface area contributed by atoms with Crippen LogP contribution >= 0.6 is 11.8 Å². The first kappa shape index (κ1) is 13.4. The van der Waals surface area contributed by atoms with Crippen LogP contribution in [0.3, 0.4) is 0 Å². The molecule has 0 aromatic carbocycles. The Bertz CT molecular complexity index is 291. The minimum absolute atomic E-state index is 0.142. The predicted molar refractivity (Wildman–Crippen MR) is 63.3 cm³/mol. The van der Waals surface area contributed by atoms with Crippen molar-refractivity contribution in [2.75, 3.05) is 25.4 Å². The molecule has 0 aliphatic heterocycles. The maximum absolute atomic E-state index is 8.72. The zero-order chi connectivity index (χ0) is 11.8. The molecule has 0 aliphatic rings. The van der Waals surface area contributed by atoms with Crippen LogP contribution < -0.4 is 5.32 Å². The van der Waals surface area contributed by atoms with E-state index in [0.717, 1.165) is 24.8 Å². The number of tetrazole rings is 1. The Morgan fingerprint density at radius 3 is 3.00 bits per heavy atom. The van der Waals surface area contributed by atoms with Crippen LogP contribution in [-0.2, 0) is 6.54 Å². The van der Waals surface area contributed by atoms with Gasteiger partial charge < -0.3 is 10.4 Å². The summed E-state index contributed by atoms with van der Waals surface area (Å²) in [6.07, 6.45) is 0. The molecular weight excluding hydrogens is 226 g/mol. The number of nitrogens with zero attached hydrogens (tertiary/aromatic N) is 4. The molecule has 0 amide bonds. The van der Waals surface area contributed by atoms with Crippen LogP contribution in [0.25, 0.3) is 0 Å². The minimum Gasteiger partial charge on any atom is -0.396 e.